The smallest absolute Gasteiger partial charge is 0.422 e. The summed E-state index contributed by atoms with van der Waals surface area (Å²) < 4.78 is 5.06. The maximum atomic E-state index is 11.8. The molecule has 2 aliphatic heterocycles. The molecule has 3 rings (SSSR count). The predicted octanol–water partition coefficient (Wildman–Crippen LogP) is 1.68. The molecule has 2 heterocycles. The Morgan fingerprint density at radius 1 is 1.09 bits per heavy atom. The van der Waals surface area contributed by atoms with Crippen molar-refractivity contribution in [3.8, 4) is 12.0 Å². The van der Waals surface area contributed by atoms with Crippen molar-refractivity contribution in [1.82, 2.24) is 9.80 Å². The van der Waals surface area contributed by atoms with Gasteiger partial charge in [-0.25, -0.2) is 9.69 Å². The minimum Gasteiger partial charge on any atom is -0.446 e. The number of rotatable bonds is 3. The summed E-state index contributed by atoms with van der Waals surface area (Å²) in [5.74, 6) is 2.55. The third-order valence-corrected chi connectivity index (χ3v) is 3.87. The van der Waals surface area contributed by atoms with Crippen molar-refractivity contribution in [1.29, 1.82) is 0 Å². The average molecular weight is 312 g/mol. The molecule has 2 fully saturated rings. The van der Waals surface area contributed by atoms with E-state index >= 15 is 0 Å². The summed E-state index contributed by atoms with van der Waals surface area (Å²) in [5.41, 5.74) is 0.956. The maximum Gasteiger partial charge on any atom is 0.422 e. The molecule has 118 valence electrons. The van der Waals surface area contributed by atoms with E-state index in [0.29, 0.717) is 6.42 Å². The summed E-state index contributed by atoms with van der Waals surface area (Å²) in [6.45, 7) is 0.532. The second-order valence-corrected chi connectivity index (χ2v) is 5.35. The first-order chi connectivity index (χ1) is 11.2. The molecule has 0 N–H and O–H groups in total. The molecule has 0 aliphatic carbocycles. The molecule has 6 heteroatoms. The minimum atomic E-state index is -0.473. The Morgan fingerprint density at radius 2 is 1.78 bits per heavy atom. The van der Waals surface area contributed by atoms with Crippen LogP contribution in [0.5, 0.6) is 0 Å². The van der Waals surface area contributed by atoms with Crippen molar-refractivity contribution in [2.24, 2.45) is 0 Å². The fourth-order valence-electron chi connectivity index (χ4n) is 2.65. The highest BCUT2D eigenvalue weighted by Crippen LogP contribution is 2.26. The van der Waals surface area contributed by atoms with Crippen LogP contribution in [0.3, 0.4) is 0 Å². The molecule has 2 saturated heterocycles. The standard InChI is InChI=1S/C17H16N2O4/c20-15-8-9-16(21)19(15)11-5-4-10-18-14(12-23-17(18)22)13-6-2-1-3-7-13/h1-3,6-7,14H,5,8-9,11-12H2/t14-/m0/s1. The Kier molecular flexibility index (Phi) is 4.29. The summed E-state index contributed by atoms with van der Waals surface area (Å²) >= 11 is 0. The van der Waals surface area contributed by atoms with Gasteiger partial charge < -0.3 is 4.74 Å². The molecule has 0 unspecified atom stereocenters. The molecular weight excluding hydrogens is 296 g/mol. The van der Waals surface area contributed by atoms with E-state index in [1.165, 1.54) is 9.80 Å². The van der Waals surface area contributed by atoms with E-state index in [9.17, 15) is 14.4 Å². The van der Waals surface area contributed by atoms with Gasteiger partial charge >= 0.3 is 6.09 Å². The number of benzene rings is 1. The van der Waals surface area contributed by atoms with E-state index in [1.54, 1.807) is 0 Å². The third-order valence-electron chi connectivity index (χ3n) is 3.87. The Bertz CT molecular complexity index is 674. The summed E-state index contributed by atoms with van der Waals surface area (Å²) in [4.78, 5) is 37.4. The number of cyclic esters (lactones) is 1. The van der Waals surface area contributed by atoms with Crippen molar-refractivity contribution in [3.63, 3.8) is 0 Å². The van der Waals surface area contributed by atoms with Crippen molar-refractivity contribution in [3.05, 3.63) is 35.9 Å². The maximum absolute atomic E-state index is 11.8. The Balaban J connectivity index is 1.63. The van der Waals surface area contributed by atoms with Crippen LogP contribution in [0.4, 0.5) is 4.79 Å². The first-order valence-corrected chi connectivity index (χ1v) is 7.49. The predicted molar refractivity (Wildman–Crippen MR) is 80.7 cm³/mol. The van der Waals surface area contributed by atoms with Gasteiger partial charge in [-0.3, -0.25) is 14.5 Å². The Morgan fingerprint density at radius 3 is 2.48 bits per heavy atom. The highest BCUT2D eigenvalue weighted by atomic mass is 16.6. The molecular formula is C17H16N2O4. The first-order valence-electron chi connectivity index (χ1n) is 7.49. The molecule has 1 aromatic rings. The van der Waals surface area contributed by atoms with Crippen molar-refractivity contribution in [2.75, 3.05) is 13.2 Å². The lowest BCUT2D eigenvalue weighted by atomic mass is 10.1. The summed E-state index contributed by atoms with van der Waals surface area (Å²) in [6, 6.07) is 12.1. The van der Waals surface area contributed by atoms with Crippen LogP contribution in [-0.4, -0.2) is 40.9 Å². The summed E-state index contributed by atoms with van der Waals surface area (Å²) in [5, 5.41) is 0. The number of nitrogens with zero attached hydrogens (tertiary/aromatic N) is 2. The van der Waals surface area contributed by atoms with E-state index < -0.39 is 6.09 Å². The fraction of sp³-hybridized carbons (Fsp3) is 0.353. The number of carbonyl (C=O) groups excluding carboxylic acids is 3. The molecule has 0 spiro atoms. The van der Waals surface area contributed by atoms with Gasteiger partial charge in [0.1, 0.15) is 12.6 Å². The third kappa shape index (κ3) is 3.19. The van der Waals surface area contributed by atoms with E-state index in [2.05, 4.69) is 12.0 Å². The average Bonchev–Trinajstić information content (AvgIpc) is 3.09. The summed E-state index contributed by atoms with van der Waals surface area (Å²) in [7, 11) is 0. The molecule has 0 radical (unpaired) electrons. The van der Waals surface area contributed by atoms with Gasteiger partial charge in [0.2, 0.25) is 11.8 Å². The van der Waals surface area contributed by atoms with E-state index in [0.717, 1.165) is 5.56 Å². The van der Waals surface area contributed by atoms with Gasteiger partial charge in [0.05, 0.1) is 0 Å². The molecule has 1 aromatic carbocycles. The van der Waals surface area contributed by atoms with Crippen molar-refractivity contribution < 1.29 is 19.1 Å². The van der Waals surface area contributed by atoms with Gasteiger partial charge in [-0.05, 0) is 5.56 Å². The van der Waals surface area contributed by atoms with Gasteiger partial charge in [-0.15, -0.1) is 0 Å². The van der Waals surface area contributed by atoms with Crippen LogP contribution in [0.25, 0.3) is 0 Å². The first kappa shape index (κ1) is 15.1. The Hall–Kier alpha value is -2.81. The van der Waals surface area contributed by atoms with Crippen molar-refractivity contribution >= 4 is 17.9 Å². The van der Waals surface area contributed by atoms with E-state index in [4.69, 9.17) is 4.74 Å². The fourth-order valence-corrected chi connectivity index (χ4v) is 2.65. The lowest BCUT2D eigenvalue weighted by molar-refractivity contribution is -0.138. The Labute approximate surface area is 134 Å². The van der Waals surface area contributed by atoms with Crippen LogP contribution in [-0.2, 0) is 14.3 Å². The molecule has 23 heavy (non-hydrogen) atoms. The van der Waals surface area contributed by atoms with Crippen LogP contribution in [0.1, 0.15) is 30.9 Å². The quantitative estimate of drug-likeness (QED) is 0.629. The zero-order valence-electron chi connectivity index (χ0n) is 12.5. The SMILES string of the molecule is O=C1CCC(=O)N1CCC#CN1C(=O)OC[C@H]1c1ccccc1. The lowest BCUT2D eigenvalue weighted by Crippen LogP contribution is -2.29. The number of likely N-dealkylation sites (tertiary alicyclic amines) is 1. The zero-order chi connectivity index (χ0) is 16.2. The number of hydrogen-bond donors (Lipinski definition) is 0. The molecule has 0 bridgehead atoms. The molecule has 0 saturated carbocycles. The number of imide groups is 1. The van der Waals surface area contributed by atoms with Crippen LogP contribution in [0.15, 0.2) is 30.3 Å². The van der Waals surface area contributed by atoms with Gasteiger partial charge in [0.25, 0.3) is 0 Å². The molecule has 2 aliphatic rings. The highest BCUT2D eigenvalue weighted by molar-refractivity contribution is 6.01. The monoisotopic (exact) mass is 312 g/mol. The van der Waals surface area contributed by atoms with E-state index in [-0.39, 0.29) is 43.8 Å². The molecule has 3 amide bonds. The zero-order valence-corrected chi connectivity index (χ0v) is 12.5. The lowest BCUT2D eigenvalue weighted by Gasteiger charge is -2.15. The van der Waals surface area contributed by atoms with Gasteiger partial charge in [0, 0.05) is 31.9 Å². The molecule has 1 atom stereocenters. The van der Waals surface area contributed by atoms with Gasteiger partial charge in [0.15, 0.2) is 0 Å². The summed E-state index contributed by atoms with van der Waals surface area (Å²) in [6.07, 6.45) is 0.421. The van der Waals surface area contributed by atoms with Gasteiger partial charge in [-0.2, -0.15) is 0 Å². The number of carbonyl (C=O) groups is 3. The van der Waals surface area contributed by atoms with Crippen LogP contribution >= 0.6 is 0 Å². The highest BCUT2D eigenvalue weighted by Gasteiger charge is 2.33. The normalized spacial score (nSPS) is 20.5. The molecule has 6 nitrogen and oxygen atoms in total. The van der Waals surface area contributed by atoms with Crippen molar-refractivity contribution in [2.45, 2.75) is 25.3 Å². The topological polar surface area (TPSA) is 66.9 Å². The number of ether oxygens (including phenoxy) is 1. The second kappa shape index (κ2) is 6.53. The molecule has 0 aromatic heterocycles. The van der Waals surface area contributed by atoms with Crippen LogP contribution in [0, 0.1) is 12.0 Å². The van der Waals surface area contributed by atoms with Crippen LogP contribution in [0.2, 0.25) is 0 Å². The second-order valence-electron chi connectivity index (χ2n) is 5.35. The van der Waals surface area contributed by atoms with Crippen LogP contribution < -0.4 is 0 Å². The van der Waals surface area contributed by atoms with Gasteiger partial charge in [-0.1, -0.05) is 36.3 Å². The number of amides is 3. The largest absolute Gasteiger partial charge is 0.446 e. The van der Waals surface area contributed by atoms with E-state index in [1.807, 2.05) is 30.3 Å². The minimum absolute atomic E-state index is 0.153. The number of hydrogen-bond acceptors (Lipinski definition) is 4.